The van der Waals surface area contributed by atoms with Gasteiger partial charge in [0.2, 0.25) is 0 Å². The van der Waals surface area contributed by atoms with Crippen molar-refractivity contribution in [3.05, 3.63) is 35.4 Å². The molecule has 0 aliphatic carbocycles. The Hall–Kier alpha value is -1.11. The number of alkyl halides is 3. The minimum atomic E-state index is -4.39. The van der Waals surface area contributed by atoms with Crippen LogP contribution >= 0.6 is 0 Å². The Morgan fingerprint density at radius 3 is 2.54 bits per heavy atom. The van der Waals surface area contributed by atoms with E-state index in [9.17, 15) is 18.3 Å². The standard InChI is InChI=1S/C20H28F3NO2/c1-18(2)13-15(6-11-26-18)14-24-9-7-19(25,8-10-24)16-4-3-5-17(12-16)20(21,22)23/h3-5,12,15,25H,6-11,13-14H2,1-2H3. The van der Waals surface area contributed by atoms with Gasteiger partial charge in [0.05, 0.1) is 16.8 Å². The number of halogens is 3. The first-order valence-electron chi connectivity index (χ1n) is 9.34. The number of benzene rings is 1. The number of piperidine rings is 1. The van der Waals surface area contributed by atoms with Crippen molar-refractivity contribution in [2.45, 2.75) is 56.9 Å². The molecule has 0 bridgehead atoms. The zero-order valence-electron chi connectivity index (χ0n) is 15.5. The largest absolute Gasteiger partial charge is 0.416 e. The summed E-state index contributed by atoms with van der Waals surface area (Å²) in [5.41, 5.74) is -1.58. The van der Waals surface area contributed by atoms with E-state index in [1.807, 2.05) is 0 Å². The van der Waals surface area contributed by atoms with Crippen LogP contribution in [-0.2, 0) is 16.5 Å². The molecule has 3 nitrogen and oxygen atoms in total. The van der Waals surface area contributed by atoms with Crippen LogP contribution in [0.25, 0.3) is 0 Å². The molecule has 2 fully saturated rings. The van der Waals surface area contributed by atoms with Crippen LogP contribution in [0.3, 0.4) is 0 Å². The van der Waals surface area contributed by atoms with Gasteiger partial charge in [-0.05, 0) is 63.1 Å². The first kappa shape index (κ1) is 19.6. The lowest BCUT2D eigenvalue weighted by atomic mass is 9.82. The third-order valence-corrected chi connectivity index (χ3v) is 5.73. The van der Waals surface area contributed by atoms with Gasteiger partial charge in [0.1, 0.15) is 0 Å². The summed E-state index contributed by atoms with van der Waals surface area (Å²) in [6, 6.07) is 5.13. The Labute approximate surface area is 153 Å². The molecule has 3 rings (SSSR count). The van der Waals surface area contributed by atoms with E-state index in [0.717, 1.165) is 38.1 Å². The molecule has 0 amide bonds. The molecule has 6 heteroatoms. The van der Waals surface area contributed by atoms with Gasteiger partial charge in [-0.25, -0.2) is 0 Å². The average molecular weight is 371 g/mol. The predicted molar refractivity (Wildman–Crippen MR) is 93.8 cm³/mol. The molecule has 0 radical (unpaired) electrons. The van der Waals surface area contributed by atoms with Crippen molar-refractivity contribution in [2.24, 2.45) is 5.92 Å². The minimum Gasteiger partial charge on any atom is -0.385 e. The number of aliphatic hydroxyl groups is 1. The Morgan fingerprint density at radius 2 is 1.92 bits per heavy atom. The zero-order valence-corrected chi connectivity index (χ0v) is 15.5. The molecule has 1 aromatic rings. The molecule has 2 aliphatic rings. The van der Waals surface area contributed by atoms with Crippen LogP contribution in [0.4, 0.5) is 13.2 Å². The highest BCUT2D eigenvalue weighted by Crippen LogP contribution is 2.37. The lowest BCUT2D eigenvalue weighted by Crippen LogP contribution is -2.46. The van der Waals surface area contributed by atoms with Gasteiger partial charge in [0, 0.05) is 26.2 Å². The fraction of sp³-hybridized carbons (Fsp3) is 0.700. The van der Waals surface area contributed by atoms with E-state index < -0.39 is 17.3 Å². The van der Waals surface area contributed by atoms with Crippen LogP contribution in [0, 0.1) is 5.92 Å². The highest BCUT2D eigenvalue weighted by molar-refractivity contribution is 5.30. The lowest BCUT2D eigenvalue weighted by Gasteiger charge is -2.42. The first-order chi connectivity index (χ1) is 12.1. The molecular formula is C20H28F3NO2. The Bertz CT molecular complexity index is 622. The molecule has 26 heavy (non-hydrogen) atoms. The summed E-state index contributed by atoms with van der Waals surface area (Å²) in [6.45, 7) is 7.36. The highest BCUT2D eigenvalue weighted by atomic mass is 19.4. The third kappa shape index (κ3) is 4.59. The predicted octanol–water partition coefficient (Wildman–Crippen LogP) is 4.19. The van der Waals surface area contributed by atoms with Crippen molar-refractivity contribution >= 4 is 0 Å². The molecule has 2 aliphatic heterocycles. The van der Waals surface area contributed by atoms with Crippen LogP contribution in [0.1, 0.15) is 50.7 Å². The minimum absolute atomic E-state index is 0.0858. The quantitative estimate of drug-likeness (QED) is 0.865. The van der Waals surface area contributed by atoms with Gasteiger partial charge in [-0.3, -0.25) is 0 Å². The van der Waals surface area contributed by atoms with E-state index in [4.69, 9.17) is 4.74 Å². The molecule has 2 saturated heterocycles. The SMILES string of the molecule is CC1(C)CC(CN2CCC(O)(c3cccc(C(F)(F)F)c3)CC2)CCO1. The molecule has 1 N–H and O–H groups in total. The number of nitrogens with zero attached hydrogens (tertiary/aromatic N) is 1. The Balaban J connectivity index is 1.61. The molecular weight excluding hydrogens is 343 g/mol. The lowest BCUT2D eigenvalue weighted by molar-refractivity contribution is -0.137. The molecule has 2 heterocycles. The highest BCUT2D eigenvalue weighted by Gasteiger charge is 2.38. The van der Waals surface area contributed by atoms with Crippen molar-refractivity contribution in [3.8, 4) is 0 Å². The maximum absolute atomic E-state index is 12.9. The smallest absolute Gasteiger partial charge is 0.385 e. The molecule has 0 spiro atoms. The van der Waals surface area contributed by atoms with Gasteiger partial charge >= 0.3 is 6.18 Å². The summed E-state index contributed by atoms with van der Waals surface area (Å²) in [7, 11) is 0. The number of hydrogen-bond donors (Lipinski definition) is 1. The maximum Gasteiger partial charge on any atom is 0.416 e. The fourth-order valence-electron chi connectivity index (χ4n) is 4.26. The van der Waals surface area contributed by atoms with Crippen LogP contribution in [0.5, 0.6) is 0 Å². The van der Waals surface area contributed by atoms with Gasteiger partial charge in [0.25, 0.3) is 0 Å². The van der Waals surface area contributed by atoms with Gasteiger partial charge in [-0.2, -0.15) is 13.2 Å². The summed E-state index contributed by atoms with van der Waals surface area (Å²) in [5.74, 6) is 0.568. The molecule has 1 atom stereocenters. The fourth-order valence-corrected chi connectivity index (χ4v) is 4.26. The molecule has 0 aromatic heterocycles. The van der Waals surface area contributed by atoms with Gasteiger partial charge < -0.3 is 14.7 Å². The van der Waals surface area contributed by atoms with Crippen molar-refractivity contribution in [1.82, 2.24) is 4.90 Å². The van der Waals surface area contributed by atoms with Gasteiger partial charge in [-0.1, -0.05) is 12.1 Å². The van der Waals surface area contributed by atoms with Crippen LogP contribution in [-0.4, -0.2) is 41.8 Å². The van der Waals surface area contributed by atoms with E-state index in [-0.39, 0.29) is 5.60 Å². The monoisotopic (exact) mass is 371 g/mol. The van der Waals surface area contributed by atoms with Crippen molar-refractivity contribution in [3.63, 3.8) is 0 Å². The summed E-state index contributed by atoms with van der Waals surface area (Å²) < 4.78 is 44.6. The van der Waals surface area contributed by atoms with E-state index >= 15 is 0 Å². The van der Waals surface area contributed by atoms with E-state index in [0.29, 0.717) is 37.4 Å². The van der Waals surface area contributed by atoms with Crippen LogP contribution in [0.15, 0.2) is 24.3 Å². The van der Waals surface area contributed by atoms with Crippen LogP contribution in [0.2, 0.25) is 0 Å². The normalized spacial score (nSPS) is 26.6. The number of ether oxygens (including phenoxy) is 1. The van der Waals surface area contributed by atoms with Crippen molar-refractivity contribution in [1.29, 1.82) is 0 Å². The molecule has 1 unspecified atom stereocenters. The molecule has 0 saturated carbocycles. The topological polar surface area (TPSA) is 32.7 Å². The number of hydrogen-bond acceptors (Lipinski definition) is 3. The van der Waals surface area contributed by atoms with Crippen molar-refractivity contribution < 1.29 is 23.0 Å². The molecule has 1 aromatic carbocycles. The van der Waals surface area contributed by atoms with E-state index in [2.05, 4.69) is 18.7 Å². The van der Waals surface area contributed by atoms with E-state index in [1.54, 1.807) is 6.07 Å². The second-order valence-corrected chi connectivity index (χ2v) is 8.38. The number of likely N-dealkylation sites (tertiary alicyclic amines) is 1. The second kappa shape index (κ2) is 7.13. The molecule has 146 valence electrons. The summed E-state index contributed by atoms with van der Waals surface area (Å²) in [5, 5.41) is 10.9. The third-order valence-electron chi connectivity index (χ3n) is 5.73. The van der Waals surface area contributed by atoms with Gasteiger partial charge in [-0.15, -0.1) is 0 Å². The average Bonchev–Trinajstić information content (AvgIpc) is 2.56. The Kier molecular flexibility index (Phi) is 5.39. The second-order valence-electron chi connectivity index (χ2n) is 8.38. The zero-order chi connectivity index (χ0) is 19.0. The summed E-state index contributed by atoms with van der Waals surface area (Å²) in [4.78, 5) is 2.33. The first-order valence-corrected chi connectivity index (χ1v) is 9.34. The van der Waals surface area contributed by atoms with Gasteiger partial charge in [0.15, 0.2) is 0 Å². The summed E-state index contributed by atoms with van der Waals surface area (Å²) in [6.07, 6.45) is -1.41. The van der Waals surface area contributed by atoms with Crippen molar-refractivity contribution in [2.75, 3.05) is 26.2 Å². The van der Waals surface area contributed by atoms with E-state index in [1.165, 1.54) is 6.07 Å². The summed E-state index contributed by atoms with van der Waals surface area (Å²) >= 11 is 0. The maximum atomic E-state index is 12.9. The number of rotatable bonds is 3. The Morgan fingerprint density at radius 1 is 1.23 bits per heavy atom. The van der Waals surface area contributed by atoms with Crippen LogP contribution < -0.4 is 0 Å².